The molecule has 2 N–H and O–H groups in total. The number of hydrogen-bond donors (Lipinski definition) is 1. The molecule has 0 spiro atoms. The van der Waals surface area contributed by atoms with Gasteiger partial charge in [-0.25, -0.2) is 4.99 Å². The van der Waals surface area contributed by atoms with Crippen LogP contribution < -0.4 is 20.6 Å². The van der Waals surface area contributed by atoms with Crippen molar-refractivity contribution in [2.75, 3.05) is 13.7 Å². The monoisotopic (exact) mass is 414 g/mol. The van der Waals surface area contributed by atoms with Crippen LogP contribution in [0.15, 0.2) is 82.2 Å². The number of methoxy groups -OCH3 is 1. The lowest BCUT2D eigenvalue weighted by Crippen LogP contribution is -2.12. The SMILES string of the molecule is CCOc1ccc2oc(-c3ccc(OC)cc3)cc(=Nc3ccccc3C(N)=O)c2c1. The van der Waals surface area contributed by atoms with Crippen LogP contribution >= 0.6 is 0 Å². The van der Waals surface area contributed by atoms with Gasteiger partial charge in [-0.1, -0.05) is 12.1 Å². The minimum atomic E-state index is -0.533. The molecular weight excluding hydrogens is 392 g/mol. The van der Waals surface area contributed by atoms with Crippen LogP contribution in [-0.2, 0) is 0 Å². The number of nitrogens with zero attached hydrogens (tertiary/aromatic N) is 1. The highest BCUT2D eigenvalue weighted by atomic mass is 16.5. The second-order valence-electron chi connectivity index (χ2n) is 6.81. The number of hydrogen-bond acceptors (Lipinski definition) is 5. The van der Waals surface area contributed by atoms with Crippen LogP contribution in [0.3, 0.4) is 0 Å². The van der Waals surface area contributed by atoms with Crippen LogP contribution in [0.5, 0.6) is 11.5 Å². The maximum absolute atomic E-state index is 11.9. The van der Waals surface area contributed by atoms with Crippen LogP contribution in [0.25, 0.3) is 22.3 Å². The maximum Gasteiger partial charge on any atom is 0.250 e. The molecule has 0 atom stereocenters. The van der Waals surface area contributed by atoms with E-state index in [1.165, 1.54) is 0 Å². The van der Waals surface area contributed by atoms with E-state index in [0.29, 0.717) is 40.3 Å². The molecule has 0 aliphatic carbocycles. The summed E-state index contributed by atoms with van der Waals surface area (Å²) in [6, 6.07) is 22.0. The van der Waals surface area contributed by atoms with Gasteiger partial charge in [0.2, 0.25) is 0 Å². The molecule has 0 radical (unpaired) electrons. The fourth-order valence-electron chi connectivity index (χ4n) is 3.30. The highest BCUT2D eigenvalue weighted by Gasteiger charge is 2.10. The second-order valence-corrected chi connectivity index (χ2v) is 6.81. The molecule has 156 valence electrons. The normalized spacial score (nSPS) is 11.5. The van der Waals surface area contributed by atoms with Crippen molar-refractivity contribution in [3.05, 3.63) is 83.7 Å². The average molecular weight is 414 g/mol. The molecule has 0 aliphatic rings. The minimum Gasteiger partial charge on any atom is -0.497 e. The van der Waals surface area contributed by atoms with Gasteiger partial charge in [0.05, 0.1) is 30.3 Å². The number of primary amides is 1. The number of fused-ring (bicyclic) bond motifs is 1. The first-order valence-corrected chi connectivity index (χ1v) is 9.87. The van der Waals surface area contributed by atoms with E-state index < -0.39 is 5.91 Å². The molecular formula is C25H22N2O4. The van der Waals surface area contributed by atoms with Crippen molar-refractivity contribution in [3.63, 3.8) is 0 Å². The van der Waals surface area contributed by atoms with E-state index in [1.807, 2.05) is 61.5 Å². The van der Waals surface area contributed by atoms with Gasteiger partial charge in [-0.2, -0.15) is 0 Å². The first kappa shape index (κ1) is 20.2. The summed E-state index contributed by atoms with van der Waals surface area (Å²) < 4.78 is 17.1. The summed E-state index contributed by atoms with van der Waals surface area (Å²) in [5.74, 6) is 1.57. The molecule has 0 bridgehead atoms. The van der Waals surface area contributed by atoms with E-state index >= 15 is 0 Å². The van der Waals surface area contributed by atoms with Gasteiger partial charge >= 0.3 is 0 Å². The lowest BCUT2D eigenvalue weighted by molar-refractivity contribution is 0.100. The molecule has 6 nitrogen and oxygen atoms in total. The predicted molar refractivity (Wildman–Crippen MR) is 120 cm³/mol. The van der Waals surface area contributed by atoms with Gasteiger partial charge in [0.25, 0.3) is 5.91 Å². The molecule has 4 rings (SSSR count). The molecule has 6 heteroatoms. The Balaban J connectivity index is 1.98. The topological polar surface area (TPSA) is 87.1 Å². The number of rotatable bonds is 6. The van der Waals surface area contributed by atoms with Crippen LogP contribution in [-0.4, -0.2) is 19.6 Å². The number of carbonyl (C=O) groups is 1. The predicted octanol–water partition coefficient (Wildman–Crippen LogP) is 4.84. The fourth-order valence-corrected chi connectivity index (χ4v) is 3.30. The van der Waals surface area contributed by atoms with Crippen LogP contribution in [0.1, 0.15) is 17.3 Å². The van der Waals surface area contributed by atoms with Gasteiger partial charge in [0.1, 0.15) is 22.8 Å². The Bertz CT molecular complexity index is 1310. The van der Waals surface area contributed by atoms with Crippen molar-refractivity contribution in [2.45, 2.75) is 6.92 Å². The van der Waals surface area contributed by atoms with Gasteiger partial charge in [-0.05, 0) is 61.5 Å². The summed E-state index contributed by atoms with van der Waals surface area (Å²) >= 11 is 0. The van der Waals surface area contributed by atoms with Gasteiger partial charge in [-0.3, -0.25) is 4.79 Å². The molecule has 1 amide bonds. The highest BCUT2D eigenvalue weighted by molar-refractivity contribution is 5.97. The highest BCUT2D eigenvalue weighted by Crippen LogP contribution is 2.27. The average Bonchev–Trinajstić information content (AvgIpc) is 2.79. The van der Waals surface area contributed by atoms with E-state index in [1.54, 1.807) is 25.3 Å². The van der Waals surface area contributed by atoms with E-state index in [9.17, 15) is 4.79 Å². The molecule has 0 fully saturated rings. The molecule has 31 heavy (non-hydrogen) atoms. The summed E-state index contributed by atoms with van der Waals surface area (Å²) in [7, 11) is 1.62. The number of nitrogens with two attached hydrogens (primary N) is 1. The summed E-state index contributed by atoms with van der Waals surface area (Å²) in [5.41, 5.74) is 7.90. The van der Waals surface area contributed by atoms with Gasteiger partial charge < -0.3 is 19.6 Å². The zero-order valence-corrected chi connectivity index (χ0v) is 17.3. The van der Waals surface area contributed by atoms with Crippen LogP contribution in [0.4, 0.5) is 5.69 Å². The smallest absolute Gasteiger partial charge is 0.250 e. The summed E-state index contributed by atoms with van der Waals surface area (Å²) in [6.45, 7) is 2.47. The van der Waals surface area contributed by atoms with Crippen molar-refractivity contribution in [3.8, 4) is 22.8 Å². The zero-order valence-electron chi connectivity index (χ0n) is 17.3. The van der Waals surface area contributed by atoms with Crippen molar-refractivity contribution in [1.82, 2.24) is 0 Å². The summed E-state index contributed by atoms with van der Waals surface area (Å²) in [4.78, 5) is 16.6. The number of amides is 1. The third kappa shape index (κ3) is 4.28. The Morgan fingerprint density at radius 1 is 1.00 bits per heavy atom. The van der Waals surface area contributed by atoms with Gasteiger partial charge in [0.15, 0.2) is 0 Å². The standard InChI is InChI=1S/C25H22N2O4/c1-3-30-18-12-13-23-20(14-18)22(27-21-7-5-4-6-19(21)25(26)28)15-24(31-23)16-8-10-17(29-2)11-9-16/h4-15H,3H2,1-2H3,(H2,26,28). The van der Waals surface area contributed by atoms with Crippen LogP contribution in [0, 0.1) is 0 Å². The summed E-state index contributed by atoms with van der Waals surface area (Å²) in [5, 5.41) is 1.41. The Kier molecular flexibility index (Phi) is 5.71. The quantitative estimate of drug-likeness (QED) is 0.489. The minimum absolute atomic E-state index is 0.350. The van der Waals surface area contributed by atoms with Gasteiger partial charge in [-0.15, -0.1) is 0 Å². The van der Waals surface area contributed by atoms with E-state index in [0.717, 1.165) is 16.7 Å². The largest absolute Gasteiger partial charge is 0.497 e. The number of ether oxygens (including phenoxy) is 2. The third-order valence-electron chi connectivity index (χ3n) is 4.81. The summed E-state index contributed by atoms with van der Waals surface area (Å²) in [6.07, 6.45) is 0. The second kappa shape index (κ2) is 8.75. The molecule has 4 aromatic rings. The number of benzene rings is 3. The van der Waals surface area contributed by atoms with E-state index in [-0.39, 0.29) is 0 Å². The lowest BCUT2D eigenvalue weighted by Gasteiger charge is -2.09. The third-order valence-corrected chi connectivity index (χ3v) is 4.81. The Labute approximate surface area is 179 Å². The number of para-hydroxylation sites is 1. The zero-order chi connectivity index (χ0) is 21.8. The van der Waals surface area contributed by atoms with E-state index in [2.05, 4.69) is 0 Å². The molecule has 0 aliphatic heterocycles. The van der Waals surface area contributed by atoms with Crippen LogP contribution in [0.2, 0.25) is 0 Å². The Hall–Kier alpha value is -4.06. The molecule has 0 saturated carbocycles. The molecule has 3 aromatic carbocycles. The van der Waals surface area contributed by atoms with Crippen molar-refractivity contribution < 1.29 is 18.7 Å². The Morgan fingerprint density at radius 2 is 1.74 bits per heavy atom. The number of carbonyl (C=O) groups excluding carboxylic acids is 1. The van der Waals surface area contributed by atoms with Crippen molar-refractivity contribution in [1.29, 1.82) is 0 Å². The first-order valence-electron chi connectivity index (χ1n) is 9.87. The lowest BCUT2D eigenvalue weighted by atomic mass is 10.1. The van der Waals surface area contributed by atoms with Crippen molar-refractivity contribution >= 4 is 22.6 Å². The molecule has 1 aromatic heterocycles. The molecule has 0 saturated heterocycles. The first-order chi connectivity index (χ1) is 15.1. The van der Waals surface area contributed by atoms with Crippen molar-refractivity contribution in [2.24, 2.45) is 10.7 Å². The molecule has 0 unspecified atom stereocenters. The Morgan fingerprint density at radius 3 is 2.45 bits per heavy atom. The fraction of sp³-hybridized carbons (Fsp3) is 0.120. The van der Waals surface area contributed by atoms with E-state index in [4.69, 9.17) is 24.6 Å². The molecule has 1 heterocycles. The maximum atomic E-state index is 11.9. The van der Waals surface area contributed by atoms with Gasteiger partial charge in [0, 0.05) is 17.0 Å².